The van der Waals surface area contributed by atoms with Crippen molar-refractivity contribution < 1.29 is 14.3 Å². The highest BCUT2D eigenvalue weighted by Crippen LogP contribution is 2.50. The molecule has 1 saturated heterocycles. The first-order valence-corrected chi connectivity index (χ1v) is 15.1. The van der Waals surface area contributed by atoms with Gasteiger partial charge in [0, 0.05) is 42.0 Å². The number of carbonyl (C=O) groups is 1. The largest absolute Gasteiger partial charge is 0.481 e. The van der Waals surface area contributed by atoms with Gasteiger partial charge in [-0.3, -0.25) is 9.69 Å². The summed E-state index contributed by atoms with van der Waals surface area (Å²) in [6, 6.07) is 14.7. The maximum atomic E-state index is 11.4. The molecule has 4 heterocycles. The van der Waals surface area contributed by atoms with E-state index in [1.807, 2.05) is 12.1 Å². The third-order valence-electron chi connectivity index (χ3n) is 8.80. The molecule has 2 aromatic carbocycles. The predicted octanol–water partition coefficient (Wildman–Crippen LogP) is 6.10. The molecule has 2 atom stereocenters. The quantitative estimate of drug-likeness (QED) is 0.283. The average molecular weight is 578 g/mol. The number of fused-ring (bicyclic) bond motifs is 2. The van der Waals surface area contributed by atoms with Gasteiger partial charge in [-0.1, -0.05) is 50.3 Å². The van der Waals surface area contributed by atoms with Gasteiger partial charge in [0.05, 0.1) is 23.1 Å². The van der Waals surface area contributed by atoms with Crippen molar-refractivity contribution in [2.45, 2.75) is 45.8 Å². The third kappa shape index (κ3) is 4.66. The Bertz CT molecular complexity index is 1800. The van der Waals surface area contributed by atoms with Gasteiger partial charge in [-0.15, -0.1) is 11.3 Å². The van der Waals surface area contributed by atoms with Crippen molar-refractivity contribution in [2.24, 2.45) is 11.3 Å². The van der Waals surface area contributed by atoms with Gasteiger partial charge in [-0.05, 0) is 47.9 Å². The molecule has 3 aliphatic rings. The number of carboxylic acids is 1. The first-order chi connectivity index (χ1) is 20.3. The monoisotopic (exact) mass is 577 g/mol. The number of aromatic nitrogens is 2. The summed E-state index contributed by atoms with van der Waals surface area (Å²) in [5.41, 5.74) is 6.80. The topological polar surface area (TPSA) is 115 Å². The number of nitriles is 1. The fraction of sp³-hybridized carbons (Fsp3) is 0.333. The Kier molecular flexibility index (Phi) is 6.58. The standard InChI is InChI=1S/C33H31N5O3S/c1-33(2)24(20-5-3-6-21(13-20)31-37-27-15-35-16-28(27)42-31)7-4-8-25(33)30-36-26-12-19(11-23(14-34)29(26)41-30)17-38-10-9-22(18-38)32(39)40/h3-8,11-13,22,25,35H,9-10,15-18H2,1-2H3,(H,39,40)/t22-,25?/m1/s1. The molecule has 2 aliphatic heterocycles. The second-order valence-corrected chi connectivity index (χ2v) is 13.0. The molecule has 2 aromatic heterocycles. The molecule has 7 rings (SSSR count). The van der Waals surface area contributed by atoms with Crippen molar-refractivity contribution in [3.8, 4) is 16.6 Å². The summed E-state index contributed by atoms with van der Waals surface area (Å²) in [5.74, 6) is -0.643. The smallest absolute Gasteiger partial charge is 0.307 e. The zero-order chi connectivity index (χ0) is 29.0. The minimum absolute atomic E-state index is 0.131. The first-order valence-electron chi connectivity index (χ1n) is 14.3. The van der Waals surface area contributed by atoms with Crippen molar-refractivity contribution in [1.29, 1.82) is 5.26 Å². The van der Waals surface area contributed by atoms with E-state index in [0.717, 1.165) is 47.0 Å². The van der Waals surface area contributed by atoms with Crippen molar-refractivity contribution in [3.05, 3.63) is 87.8 Å². The van der Waals surface area contributed by atoms with E-state index in [-0.39, 0.29) is 17.3 Å². The molecule has 0 bridgehead atoms. The Hall–Kier alpha value is -4.10. The van der Waals surface area contributed by atoms with Crippen LogP contribution in [0.3, 0.4) is 0 Å². The van der Waals surface area contributed by atoms with Crippen LogP contribution in [0.4, 0.5) is 0 Å². The van der Waals surface area contributed by atoms with Crippen LogP contribution in [0.1, 0.15) is 59.3 Å². The van der Waals surface area contributed by atoms with Crippen molar-refractivity contribution in [3.63, 3.8) is 0 Å². The summed E-state index contributed by atoms with van der Waals surface area (Å²) in [6.45, 7) is 7.95. The Balaban J connectivity index is 1.18. The van der Waals surface area contributed by atoms with Crippen molar-refractivity contribution >= 4 is 34.0 Å². The third-order valence-corrected chi connectivity index (χ3v) is 9.94. The molecule has 0 radical (unpaired) electrons. The van der Waals surface area contributed by atoms with Gasteiger partial charge < -0.3 is 14.8 Å². The summed E-state index contributed by atoms with van der Waals surface area (Å²) in [4.78, 5) is 24.6. The Morgan fingerprint density at radius 3 is 2.88 bits per heavy atom. The number of hydrogen-bond donors (Lipinski definition) is 2. The Labute approximate surface area is 248 Å². The number of benzene rings is 2. The lowest BCUT2D eigenvalue weighted by atomic mass is 9.68. The van der Waals surface area contributed by atoms with Crippen LogP contribution in [0.2, 0.25) is 0 Å². The van der Waals surface area contributed by atoms with Crippen molar-refractivity contribution in [2.75, 3.05) is 13.1 Å². The van der Waals surface area contributed by atoms with Gasteiger partial charge in [0.1, 0.15) is 16.6 Å². The van der Waals surface area contributed by atoms with Crippen LogP contribution in [0.25, 0.3) is 27.2 Å². The fourth-order valence-electron chi connectivity index (χ4n) is 6.49. The summed E-state index contributed by atoms with van der Waals surface area (Å²) in [5, 5.41) is 23.7. The van der Waals surface area contributed by atoms with E-state index >= 15 is 0 Å². The van der Waals surface area contributed by atoms with Gasteiger partial charge in [0.2, 0.25) is 5.89 Å². The Morgan fingerprint density at radius 1 is 1.24 bits per heavy atom. The molecule has 212 valence electrons. The van der Waals surface area contributed by atoms with Gasteiger partial charge in [-0.25, -0.2) is 9.97 Å². The molecule has 4 aromatic rings. The first kappa shape index (κ1) is 26.8. The molecule has 2 N–H and O–H groups in total. The number of aliphatic carboxylic acids is 1. The maximum absolute atomic E-state index is 11.4. The maximum Gasteiger partial charge on any atom is 0.307 e. The van der Waals surface area contributed by atoms with Crippen LogP contribution in [-0.4, -0.2) is 39.0 Å². The number of thiazole rings is 1. The van der Waals surface area contributed by atoms with E-state index in [9.17, 15) is 15.2 Å². The number of rotatable bonds is 6. The molecule has 8 nitrogen and oxygen atoms in total. The molecule has 1 aliphatic carbocycles. The van der Waals surface area contributed by atoms with Gasteiger partial charge in [0.25, 0.3) is 0 Å². The molecule has 0 spiro atoms. The lowest BCUT2D eigenvalue weighted by Gasteiger charge is -2.35. The van der Waals surface area contributed by atoms with E-state index in [2.05, 4.69) is 72.6 Å². The molecule has 0 amide bonds. The molecule has 1 fully saturated rings. The van der Waals surface area contributed by atoms with Crippen LogP contribution in [-0.2, 0) is 24.4 Å². The zero-order valence-electron chi connectivity index (χ0n) is 23.6. The van der Waals surface area contributed by atoms with E-state index in [4.69, 9.17) is 14.4 Å². The normalized spacial score (nSPS) is 21.4. The highest BCUT2D eigenvalue weighted by atomic mass is 32.1. The van der Waals surface area contributed by atoms with E-state index in [1.54, 1.807) is 11.3 Å². The van der Waals surface area contributed by atoms with Gasteiger partial charge in [-0.2, -0.15) is 5.26 Å². The lowest BCUT2D eigenvalue weighted by Crippen LogP contribution is -2.25. The van der Waals surface area contributed by atoms with Gasteiger partial charge in [0.15, 0.2) is 5.58 Å². The molecule has 1 unspecified atom stereocenters. The zero-order valence-corrected chi connectivity index (χ0v) is 24.4. The summed E-state index contributed by atoms with van der Waals surface area (Å²) in [6.07, 6.45) is 7.00. The van der Waals surface area contributed by atoms with Crippen LogP contribution in [0, 0.1) is 22.7 Å². The average Bonchev–Trinajstić information content (AvgIpc) is 3.76. The van der Waals surface area contributed by atoms with E-state index in [1.165, 1.54) is 10.5 Å². The number of nitrogens with one attached hydrogen (secondary N) is 1. The van der Waals surface area contributed by atoms with Gasteiger partial charge >= 0.3 is 5.97 Å². The molecular formula is C33H31N5O3S. The molecule has 9 heteroatoms. The van der Waals surface area contributed by atoms with Crippen LogP contribution in [0.15, 0.2) is 59.0 Å². The number of nitrogens with zero attached hydrogens (tertiary/aromatic N) is 4. The fourth-order valence-corrected chi connectivity index (χ4v) is 7.54. The second-order valence-electron chi connectivity index (χ2n) is 12.0. The number of allylic oxidation sites excluding steroid dienone is 4. The number of oxazole rings is 1. The SMILES string of the molecule is CC1(C)C(c2cccc(-c3nc4c(s3)CNC4)c2)=CC=CC1c1nc2cc(CN3CC[C@@H](C(=O)O)C3)cc(C#N)c2o1. The van der Waals surface area contributed by atoms with Crippen molar-refractivity contribution in [1.82, 2.24) is 20.2 Å². The molecule has 42 heavy (non-hydrogen) atoms. The van der Waals surface area contributed by atoms with E-state index < -0.39 is 5.97 Å². The van der Waals surface area contributed by atoms with E-state index in [0.29, 0.717) is 42.1 Å². The summed E-state index contributed by atoms with van der Waals surface area (Å²) >= 11 is 1.76. The minimum atomic E-state index is -0.751. The highest BCUT2D eigenvalue weighted by Gasteiger charge is 2.38. The highest BCUT2D eigenvalue weighted by molar-refractivity contribution is 7.15. The number of likely N-dealkylation sites (tertiary alicyclic amines) is 1. The number of carboxylic acid groups (broad SMARTS) is 1. The van der Waals surface area contributed by atoms with Crippen LogP contribution >= 0.6 is 11.3 Å². The summed E-state index contributed by atoms with van der Waals surface area (Å²) < 4.78 is 6.33. The number of hydrogen-bond acceptors (Lipinski definition) is 8. The summed E-state index contributed by atoms with van der Waals surface area (Å²) in [7, 11) is 0. The Morgan fingerprint density at radius 2 is 2.10 bits per heavy atom. The predicted molar refractivity (Wildman–Crippen MR) is 161 cm³/mol. The van der Waals surface area contributed by atoms with Crippen LogP contribution in [0.5, 0.6) is 0 Å². The minimum Gasteiger partial charge on any atom is -0.481 e. The molecule has 0 saturated carbocycles. The molecular weight excluding hydrogens is 546 g/mol. The second kappa shape index (κ2) is 10.3. The lowest BCUT2D eigenvalue weighted by molar-refractivity contribution is -0.141. The van der Waals surface area contributed by atoms with Crippen LogP contribution < -0.4 is 5.32 Å².